The highest BCUT2D eigenvalue weighted by Gasteiger charge is 2.32. The summed E-state index contributed by atoms with van der Waals surface area (Å²) in [5.74, 6) is 0. The average Bonchev–Trinajstić information content (AvgIpc) is 3.05. The van der Waals surface area contributed by atoms with E-state index >= 15 is 0 Å². The van der Waals surface area contributed by atoms with Crippen molar-refractivity contribution in [2.75, 3.05) is 0 Å². The summed E-state index contributed by atoms with van der Waals surface area (Å²) in [5.41, 5.74) is 14.7. The Morgan fingerprint density at radius 1 is 0.676 bits per heavy atom. The van der Waals surface area contributed by atoms with Crippen LogP contribution in [0, 0.1) is 5.41 Å². The van der Waals surface area contributed by atoms with E-state index < -0.39 is 0 Å². The highest BCUT2D eigenvalue weighted by atomic mass is 14.4. The summed E-state index contributed by atoms with van der Waals surface area (Å²) in [5, 5.41) is 2.77. The van der Waals surface area contributed by atoms with Gasteiger partial charge in [-0.25, -0.2) is 0 Å². The van der Waals surface area contributed by atoms with Crippen molar-refractivity contribution >= 4 is 21.9 Å². The number of fused-ring (bicyclic) bond motifs is 6. The largest absolute Gasteiger partial charge is 0.0836 e. The Balaban J connectivity index is 1.43. The lowest BCUT2D eigenvalue weighted by atomic mass is 9.77. The average molecular weight is 479 g/mol. The van der Waals surface area contributed by atoms with Crippen molar-refractivity contribution in [3.63, 3.8) is 0 Å². The Morgan fingerprint density at radius 2 is 1.54 bits per heavy atom. The monoisotopic (exact) mass is 478 g/mol. The number of hydrogen-bond donors (Lipinski definition) is 0. The molecule has 0 aromatic heterocycles. The maximum absolute atomic E-state index is 2.45. The summed E-state index contributed by atoms with van der Waals surface area (Å²) in [6.07, 6.45) is 13.9. The molecule has 0 unspecified atom stereocenters. The predicted molar refractivity (Wildman–Crippen MR) is 159 cm³/mol. The molecule has 0 atom stereocenters. The molecular formula is C37H34. The topological polar surface area (TPSA) is 0 Å². The maximum atomic E-state index is 2.45. The van der Waals surface area contributed by atoms with Crippen LogP contribution in [0.1, 0.15) is 67.3 Å². The molecule has 3 aliphatic carbocycles. The van der Waals surface area contributed by atoms with Gasteiger partial charge in [0.25, 0.3) is 0 Å². The van der Waals surface area contributed by atoms with Crippen molar-refractivity contribution in [2.24, 2.45) is 5.41 Å². The minimum absolute atomic E-state index is 0.263. The fourth-order valence-electron chi connectivity index (χ4n) is 6.92. The standard InChI is InChI=1S/C37H34/c1-37(2)23-31-15-13-29-21-27(25-9-5-3-6-10-25)17-19-33(29)35(31)36-32(24-37)16-14-30-22-28(18-20-34(30)36)26-11-7-4-8-12-26/h3,5-7,9-12,14,16-22H,4,8,13,15,23-24H2,1-2H3. The molecule has 4 aromatic carbocycles. The number of benzene rings is 4. The van der Waals surface area contributed by atoms with E-state index in [1.165, 1.54) is 67.3 Å². The second kappa shape index (κ2) is 8.73. The zero-order valence-corrected chi connectivity index (χ0v) is 22.0. The SMILES string of the molecule is CC1(C)CC2=C(c3ccc(-c4ccccc4)cc3CC2)c2c(ccc3cc(C4=CCCC=C4)ccc23)C1. The first kappa shape index (κ1) is 22.5. The van der Waals surface area contributed by atoms with Gasteiger partial charge in [-0.3, -0.25) is 0 Å². The second-order valence-electron chi connectivity index (χ2n) is 11.9. The lowest BCUT2D eigenvalue weighted by Crippen LogP contribution is -2.15. The fourth-order valence-corrected chi connectivity index (χ4v) is 6.92. The molecule has 0 radical (unpaired) electrons. The van der Waals surface area contributed by atoms with Gasteiger partial charge in [-0.2, -0.15) is 0 Å². The lowest BCUT2D eigenvalue weighted by molar-refractivity contribution is 0.358. The van der Waals surface area contributed by atoms with Gasteiger partial charge in [0, 0.05) is 0 Å². The number of aryl methyl sites for hydroxylation is 1. The molecule has 0 heteroatoms. The smallest absolute Gasteiger partial charge is 0.00674 e. The molecule has 4 aromatic rings. The molecule has 7 rings (SSSR count). The van der Waals surface area contributed by atoms with Crippen LogP contribution in [0.2, 0.25) is 0 Å². The molecule has 0 aliphatic heterocycles. The van der Waals surface area contributed by atoms with Gasteiger partial charge in [0.15, 0.2) is 0 Å². The van der Waals surface area contributed by atoms with E-state index in [1.807, 2.05) is 0 Å². The maximum Gasteiger partial charge on any atom is -0.00674 e. The molecule has 0 fully saturated rings. The van der Waals surface area contributed by atoms with Crippen LogP contribution in [0.5, 0.6) is 0 Å². The van der Waals surface area contributed by atoms with Crippen LogP contribution >= 0.6 is 0 Å². The van der Waals surface area contributed by atoms with Gasteiger partial charge in [0.05, 0.1) is 0 Å². The van der Waals surface area contributed by atoms with E-state index in [0.29, 0.717) is 0 Å². The predicted octanol–water partition coefficient (Wildman–Crippen LogP) is 9.96. The Morgan fingerprint density at radius 3 is 2.38 bits per heavy atom. The van der Waals surface area contributed by atoms with Gasteiger partial charge < -0.3 is 0 Å². The summed E-state index contributed by atoms with van der Waals surface area (Å²) in [6.45, 7) is 4.91. The van der Waals surface area contributed by atoms with Crippen molar-refractivity contribution in [2.45, 2.75) is 52.4 Å². The summed E-state index contributed by atoms with van der Waals surface area (Å²) in [6, 6.07) is 30.0. The Hall–Kier alpha value is -3.64. The van der Waals surface area contributed by atoms with E-state index in [2.05, 4.69) is 111 Å². The van der Waals surface area contributed by atoms with E-state index in [4.69, 9.17) is 0 Å². The van der Waals surface area contributed by atoms with E-state index in [0.717, 1.165) is 32.1 Å². The number of hydrogen-bond acceptors (Lipinski definition) is 0. The Labute approximate surface area is 221 Å². The molecule has 182 valence electrons. The van der Waals surface area contributed by atoms with Crippen molar-refractivity contribution in [1.29, 1.82) is 0 Å². The highest BCUT2D eigenvalue weighted by molar-refractivity contribution is 6.02. The molecular weight excluding hydrogens is 444 g/mol. The molecule has 0 heterocycles. The zero-order chi connectivity index (χ0) is 25.0. The van der Waals surface area contributed by atoms with Gasteiger partial charge in [-0.05, 0) is 111 Å². The van der Waals surface area contributed by atoms with Gasteiger partial charge in [-0.15, -0.1) is 0 Å². The summed E-state index contributed by atoms with van der Waals surface area (Å²) in [7, 11) is 0. The second-order valence-corrected chi connectivity index (χ2v) is 11.9. The van der Waals surface area contributed by atoms with Crippen molar-refractivity contribution in [3.05, 3.63) is 130 Å². The first-order valence-corrected chi connectivity index (χ1v) is 13.9. The van der Waals surface area contributed by atoms with E-state index in [1.54, 1.807) is 5.57 Å². The highest BCUT2D eigenvalue weighted by Crippen LogP contribution is 2.49. The summed E-state index contributed by atoms with van der Waals surface area (Å²) >= 11 is 0. The van der Waals surface area contributed by atoms with Crippen LogP contribution in [0.3, 0.4) is 0 Å². The van der Waals surface area contributed by atoms with Crippen LogP contribution in [-0.2, 0) is 12.8 Å². The van der Waals surface area contributed by atoms with Crippen LogP contribution in [0.25, 0.3) is 33.0 Å². The number of rotatable bonds is 2. The quantitative estimate of drug-likeness (QED) is 0.269. The molecule has 0 saturated heterocycles. The fraction of sp³-hybridized carbons (Fsp3) is 0.243. The third-order valence-corrected chi connectivity index (χ3v) is 8.58. The molecule has 0 nitrogen and oxygen atoms in total. The van der Waals surface area contributed by atoms with Gasteiger partial charge in [0.2, 0.25) is 0 Å². The first-order valence-electron chi connectivity index (χ1n) is 13.9. The molecule has 0 bridgehead atoms. The third kappa shape index (κ3) is 4.00. The van der Waals surface area contributed by atoms with Gasteiger partial charge >= 0.3 is 0 Å². The van der Waals surface area contributed by atoms with Crippen molar-refractivity contribution < 1.29 is 0 Å². The summed E-state index contributed by atoms with van der Waals surface area (Å²) < 4.78 is 0. The van der Waals surface area contributed by atoms with Crippen LogP contribution in [-0.4, -0.2) is 0 Å². The Bertz CT molecular complexity index is 1620. The van der Waals surface area contributed by atoms with Gasteiger partial charge in [0.1, 0.15) is 0 Å². The van der Waals surface area contributed by atoms with Crippen LogP contribution in [0.15, 0.2) is 103 Å². The van der Waals surface area contributed by atoms with Gasteiger partial charge in [-0.1, -0.05) is 110 Å². The van der Waals surface area contributed by atoms with E-state index in [9.17, 15) is 0 Å². The molecule has 0 N–H and O–H groups in total. The summed E-state index contributed by atoms with van der Waals surface area (Å²) in [4.78, 5) is 0. The molecule has 37 heavy (non-hydrogen) atoms. The third-order valence-electron chi connectivity index (χ3n) is 8.58. The molecule has 0 saturated carbocycles. The van der Waals surface area contributed by atoms with Crippen molar-refractivity contribution in [1.82, 2.24) is 0 Å². The minimum atomic E-state index is 0.263. The lowest BCUT2D eigenvalue weighted by Gasteiger charge is -2.27. The number of allylic oxidation sites excluding steroid dienone is 5. The normalized spacial score (nSPS) is 18.1. The van der Waals surface area contributed by atoms with Crippen molar-refractivity contribution in [3.8, 4) is 11.1 Å². The molecule has 3 aliphatic rings. The molecule has 0 spiro atoms. The molecule has 0 amide bonds. The van der Waals surface area contributed by atoms with E-state index in [-0.39, 0.29) is 5.41 Å². The zero-order valence-electron chi connectivity index (χ0n) is 22.0. The minimum Gasteiger partial charge on any atom is -0.0836 e. The Kier molecular flexibility index (Phi) is 5.32. The first-order chi connectivity index (χ1) is 18.1. The van der Waals surface area contributed by atoms with Crippen LogP contribution < -0.4 is 0 Å². The van der Waals surface area contributed by atoms with Crippen LogP contribution in [0.4, 0.5) is 0 Å².